The quantitative estimate of drug-likeness (QED) is 0.758. The molecule has 17 heavy (non-hydrogen) atoms. The van der Waals surface area contributed by atoms with E-state index in [9.17, 15) is 0 Å². The van der Waals surface area contributed by atoms with Crippen LogP contribution in [0.5, 0.6) is 11.5 Å². The van der Waals surface area contributed by atoms with Crippen LogP contribution in [0.15, 0.2) is 36.7 Å². The predicted octanol–water partition coefficient (Wildman–Crippen LogP) is 4.23. The van der Waals surface area contributed by atoms with Crippen LogP contribution in [0.25, 0.3) is 0 Å². The van der Waals surface area contributed by atoms with Gasteiger partial charge in [0.25, 0.3) is 0 Å². The van der Waals surface area contributed by atoms with Crippen molar-refractivity contribution in [1.29, 1.82) is 0 Å². The smallest absolute Gasteiger partial charge is 0.134 e. The van der Waals surface area contributed by atoms with Crippen molar-refractivity contribution in [2.24, 2.45) is 0 Å². The third-order valence-corrected chi connectivity index (χ3v) is 2.71. The molecule has 0 atom stereocenters. The van der Waals surface area contributed by atoms with Crippen molar-refractivity contribution in [1.82, 2.24) is 4.98 Å². The summed E-state index contributed by atoms with van der Waals surface area (Å²) < 4.78 is 5.84. The molecule has 0 aliphatic carbocycles. The summed E-state index contributed by atoms with van der Waals surface area (Å²) in [5, 5.41) is 0. The Bertz CT molecular complexity index is 505. The van der Waals surface area contributed by atoms with Gasteiger partial charge in [-0.15, -0.1) is 11.6 Å². The van der Waals surface area contributed by atoms with E-state index >= 15 is 0 Å². The fourth-order valence-electron chi connectivity index (χ4n) is 1.73. The van der Waals surface area contributed by atoms with Gasteiger partial charge < -0.3 is 4.74 Å². The lowest BCUT2D eigenvalue weighted by Crippen LogP contribution is -1.91. The molecule has 2 nitrogen and oxygen atoms in total. The Morgan fingerprint density at radius 1 is 1.18 bits per heavy atom. The minimum atomic E-state index is 0.397. The summed E-state index contributed by atoms with van der Waals surface area (Å²) in [5.74, 6) is 1.99. The van der Waals surface area contributed by atoms with Crippen LogP contribution in [0, 0.1) is 13.8 Å². The van der Waals surface area contributed by atoms with Crippen LogP contribution in [0.3, 0.4) is 0 Å². The zero-order valence-electron chi connectivity index (χ0n) is 9.90. The van der Waals surface area contributed by atoms with Gasteiger partial charge in [0, 0.05) is 18.0 Å². The molecule has 0 saturated heterocycles. The maximum absolute atomic E-state index is 5.84. The van der Waals surface area contributed by atoms with Gasteiger partial charge in [-0.1, -0.05) is 6.07 Å². The van der Waals surface area contributed by atoms with Crippen LogP contribution in [0.2, 0.25) is 0 Å². The number of hydrogen-bond acceptors (Lipinski definition) is 2. The number of pyridine rings is 1. The second kappa shape index (κ2) is 5.19. The van der Waals surface area contributed by atoms with Crippen molar-refractivity contribution in [2.75, 3.05) is 0 Å². The first-order valence-electron chi connectivity index (χ1n) is 5.44. The number of benzene rings is 1. The summed E-state index contributed by atoms with van der Waals surface area (Å²) in [5.41, 5.74) is 3.26. The normalized spacial score (nSPS) is 10.3. The van der Waals surface area contributed by atoms with Crippen LogP contribution < -0.4 is 4.74 Å². The number of ether oxygens (including phenoxy) is 1. The first kappa shape index (κ1) is 11.9. The van der Waals surface area contributed by atoms with Crippen molar-refractivity contribution in [2.45, 2.75) is 19.7 Å². The number of nitrogens with zero attached hydrogens (tertiary/aromatic N) is 1. The molecule has 0 aliphatic rings. The third kappa shape index (κ3) is 2.98. The largest absolute Gasteiger partial charge is 0.457 e. The number of rotatable bonds is 3. The van der Waals surface area contributed by atoms with Gasteiger partial charge in [-0.2, -0.15) is 0 Å². The third-order valence-electron chi connectivity index (χ3n) is 2.43. The molecule has 3 heteroatoms. The first-order chi connectivity index (χ1) is 8.19. The number of alkyl halides is 1. The van der Waals surface area contributed by atoms with E-state index in [2.05, 4.69) is 24.9 Å². The number of halogens is 1. The molecular weight excluding hydrogens is 234 g/mol. The molecule has 0 spiro atoms. The zero-order valence-corrected chi connectivity index (χ0v) is 10.7. The van der Waals surface area contributed by atoms with Crippen molar-refractivity contribution >= 4 is 11.6 Å². The van der Waals surface area contributed by atoms with E-state index in [4.69, 9.17) is 16.3 Å². The summed E-state index contributed by atoms with van der Waals surface area (Å²) in [4.78, 5) is 4.03. The van der Waals surface area contributed by atoms with Gasteiger partial charge in [0.05, 0.1) is 5.88 Å². The molecule has 1 aromatic heterocycles. The Morgan fingerprint density at radius 3 is 2.53 bits per heavy atom. The van der Waals surface area contributed by atoms with Gasteiger partial charge in [0.15, 0.2) is 0 Å². The summed E-state index contributed by atoms with van der Waals surface area (Å²) >= 11 is 5.84. The van der Waals surface area contributed by atoms with E-state index in [0.717, 1.165) is 17.1 Å². The van der Waals surface area contributed by atoms with Gasteiger partial charge >= 0.3 is 0 Å². The Labute approximate surface area is 106 Å². The highest BCUT2D eigenvalue weighted by atomic mass is 35.5. The zero-order chi connectivity index (χ0) is 12.3. The Kier molecular flexibility index (Phi) is 3.64. The highest BCUT2D eigenvalue weighted by molar-refractivity contribution is 6.17. The topological polar surface area (TPSA) is 22.1 Å². The highest BCUT2D eigenvalue weighted by Crippen LogP contribution is 2.27. The van der Waals surface area contributed by atoms with Crippen molar-refractivity contribution in [3.63, 3.8) is 0 Å². The highest BCUT2D eigenvalue weighted by Gasteiger charge is 2.04. The molecule has 0 N–H and O–H groups in total. The van der Waals surface area contributed by atoms with E-state index < -0.39 is 0 Å². The minimum absolute atomic E-state index is 0.397. The molecule has 0 radical (unpaired) electrons. The Balaban J connectivity index is 2.31. The maximum Gasteiger partial charge on any atom is 0.134 e. The lowest BCUT2D eigenvalue weighted by atomic mass is 10.1. The molecule has 0 aliphatic heterocycles. The number of aromatic nitrogens is 1. The maximum atomic E-state index is 5.84. The molecule has 0 bridgehead atoms. The summed E-state index contributed by atoms with van der Waals surface area (Å²) in [6.07, 6.45) is 3.43. The molecule has 2 rings (SSSR count). The fraction of sp³-hybridized carbons (Fsp3) is 0.214. The fourth-order valence-corrected chi connectivity index (χ4v) is 1.93. The van der Waals surface area contributed by atoms with Crippen LogP contribution in [0.4, 0.5) is 0 Å². The van der Waals surface area contributed by atoms with Crippen molar-refractivity contribution < 1.29 is 4.74 Å². The van der Waals surface area contributed by atoms with Gasteiger partial charge in [0.1, 0.15) is 11.5 Å². The average Bonchev–Trinajstić information content (AvgIpc) is 2.28. The first-order valence-corrected chi connectivity index (χ1v) is 5.97. The summed E-state index contributed by atoms with van der Waals surface area (Å²) in [6, 6.07) is 7.95. The van der Waals surface area contributed by atoms with Gasteiger partial charge in [0.2, 0.25) is 0 Å². The predicted molar refractivity (Wildman–Crippen MR) is 69.8 cm³/mol. The van der Waals surface area contributed by atoms with Crippen LogP contribution in [-0.2, 0) is 5.88 Å². The lowest BCUT2D eigenvalue weighted by Gasteiger charge is -2.10. The number of hydrogen-bond donors (Lipinski definition) is 0. The standard InChI is InChI=1S/C14H14ClNO/c1-10-5-11(2)7-13(6-10)17-14-3-4-16-9-12(14)8-15/h3-7,9H,8H2,1-2H3. The average molecular weight is 248 g/mol. The van der Waals surface area contributed by atoms with E-state index in [1.807, 2.05) is 18.2 Å². The molecule has 1 heterocycles. The van der Waals surface area contributed by atoms with Crippen molar-refractivity contribution in [3.8, 4) is 11.5 Å². The molecule has 0 saturated carbocycles. The molecule has 0 amide bonds. The Hall–Kier alpha value is -1.54. The van der Waals surface area contributed by atoms with Crippen LogP contribution >= 0.6 is 11.6 Å². The number of aryl methyl sites for hydroxylation is 2. The van der Waals surface area contributed by atoms with Gasteiger partial charge in [-0.3, -0.25) is 4.98 Å². The van der Waals surface area contributed by atoms with Crippen LogP contribution in [-0.4, -0.2) is 4.98 Å². The van der Waals surface area contributed by atoms with E-state index in [1.165, 1.54) is 11.1 Å². The molecule has 1 aromatic carbocycles. The van der Waals surface area contributed by atoms with E-state index in [1.54, 1.807) is 12.4 Å². The minimum Gasteiger partial charge on any atom is -0.457 e. The summed E-state index contributed by atoms with van der Waals surface area (Å²) in [7, 11) is 0. The molecule has 88 valence electrons. The summed E-state index contributed by atoms with van der Waals surface area (Å²) in [6.45, 7) is 4.10. The molecule has 0 fully saturated rings. The van der Waals surface area contributed by atoms with Crippen molar-refractivity contribution in [3.05, 3.63) is 53.3 Å². The lowest BCUT2D eigenvalue weighted by molar-refractivity contribution is 0.476. The van der Waals surface area contributed by atoms with Gasteiger partial charge in [-0.05, 0) is 43.2 Å². The molecular formula is C14H14ClNO. The van der Waals surface area contributed by atoms with E-state index in [0.29, 0.717) is 5.88 Å². The second-order valence-corrected chi connectivity index (χ2v) is 4.31. The Morgan fingerprint density at radius 2 is 1.88 bits per heavy atom. The molecule has 0 unspecified atom stereocenters. The monoisotopic (exact) mass is 247 g/mol. The van der Waals surface area contributed by atoms with E-state index in [-0.39, 0.29) is 0 Å². The SMILES string of the molecule is Cc1cc(C)cc(Oc2ccncc2CCl)c1. The molecule has 2 aromatic rings. The van der Waals surface area contributed by atoms with Crippen LogP contribution in [0.1, 0.15) is 16.7 Å². The van der Waals surface area contributed by atoms with Gasteiger partial charge in [-0.25, -0.2) is 0 Å². The second-order valence-electron chi connectivity index (χ2n) is 4.04.